The summed E-state index contributed by atoms with van der Waals surface area (Å²) in [7, 11) is 0. The standard InChI is InChI=1S/C26H31N5O4/c1-25(2,27)23(32)28-20(17-35-16-18-9-5-3-6-10-18)22-30-29-21-15-26(24(33)34,13-14-31(21)22)19-11-7-4-8-12-19/h3-12,20H,13-17,27H2,1-2H3,(H,28,32)(H,33,34). The lowest BCUT2D eigenvalue weighted by Crippen LogP contribution is -2.51. The zero-order valence-corrected chi connectivity index (χ0v) is 20.0. The Hall–Kier alpha value is -3.56. The Bertz CT molecular complexity index is 1170. The average molecular weight is 478 g/mol. The fraction of sp³-hybridized carbons (Fsp3) is 0.385. The van der Waals surface area contributed by atoms with Gasteiger partial charge in [0.15, 0.2) is 5.82 Å². The molecule has 0 bridgehead atoms. The Morgan fingerprint density at radius 3 is 2.43 bits per heavy atom. The van der Waals surface area contributed by atoms with Gasteiger partial charge in [-0.1, -0.05) is 60.7 Å². The van der Waals surface area contributed by atoms with Crippen molar-refractivity contribution >= 4 is 11.9 Å². The van der Waals surface area contributed by atoms with Gasteiger partial charge >= 0.3 is 5.97 Å². The van der Waals surface area contributed by atoms with Crippen LogP contribution in [0.3, 0.4) is 0 Å². The van der Waals surface area contributed by atoms with Gasteiger partial charge in [0.05, 0.1) is 18.8 Å². The number of hydrogen-bond acceptors (Lipinski definition) is 6. The van der Waals surface area contributed by atoms with Gasteiger partial charge in [-0.15, -0.1) is 10.2 Å². The van der Waals surface area contributed by atoms with Crippen LogP contribution in [0.2, 0.25) is 0 Å². The molecule has 0 aliphatic carbocycles. The molecule has 4 rings (SSSR count). The van der Waals surface area contributed by atoms with Gasteiger partial charge in [0.25, 0.3) is 0 Å². The number of nitrogens with one attached hydrogen (secondary N) is 1. The summed E-state index contributed by atoms with van der Waals surface area (Å²) in [5.74, 6) is -0.145. The van der Waals surface area contributed by atoms with Gasteiger partial charge in [-0.25, -0.2) is 0 Å². The third-order valence-corrected chi connectivity index (χ3v) is 6.41. The topological polar surface area (TPSA) is 132 Å². The number of hydrogen-bond donors (Lipinski definition) is 3. The predicted molar refractivity (Wildman–Crippen MR) is 129 cm³/mol. The number of rotatable bonds is 9. The summed E-state index contributed by atoms with van der Waals surface area (Å²) < 4.78 is 7.82. The summed E-state index contributed by atoms with van der Waals surface area (Å²) in [5, 5.41) is 21.8. The maximum atomic E-state index is 12.7. The molecule has 0 fully saturated rings. The minimum Gasteiger partial charge on any atom is -0.481 e. The van der Waals surface area contributed by atoms with E-state index >= 15 is 0 Å². The van der Waals surface area contributed by atoms with Crippen molar-refractivity contribution in [2.45, 2.75) is 56.8 Å². The number of ether oxygens (including phenoxy) is 1. The first-order chi connectivity index (χ1) is 16.7. The molecule has 0 saturated carbocycles. The Morgan fingerprint density at radius 2 is 1.80 bits per heavy atom. The van der Waals surface area contributed by atoms with E-state index in [9.17, 15) is 14.7 Å². The molecule has 2 unspecified atom stereocenters. The Balaban J connectivity index is 1.59. The molecular weight excluding hydrogens is 446 g/mol. The van der Waals surface area contributed by atoms with Crippen LogP contribution in [0.5, 0.6) is 0 Å². The zero-order chi connectivity index (χ0) is 25.1. The summed E-state index contributed by atoms with van der Waals surface area (Å²) in [5.41, 5.74) is 5.59. The van der Waals surface area contributed by atoms with Crippen LogP contribution in [-0.4, -0.2) is 43.9 Å². The smallest absolute Gasteiger partial charge is 0.314 e. The number of carbonyl (C=O) groups is 2. The van der Waals surface area contributed by atoms with Gasteiger partial charge in [-0.3, -0.25) is 9.59 Å². The molecule has 3 aromatic rings. The molecule has 1 amide bonds. The van der Waals surface area contributed by atoms with Crippen molar-refractivity contribution in [3.05, 3.63) is 83.4 Å². The Kier molecular flexibility index (Phi) is 7.00. The van der Waals surface area contributed by atoms with Crippen molar-refractivity contribution in [3.8, 4) is 0 Å². The van der Waals surface area contributed by atoms with Crippen LogP contribution in [-0.2, 0) is 39.3 Å². The van der Waals surface area contributed by atoms with E-state index in [1.165, 1.54) is 0 Å². The number of aliphatic carboxylic acids is 1. The maximum absolute atomic E-state index is 12.7. The van der Waals surface area contributed by atoms with Crippen LogP contribution >= 0.6 is 0 Å². The van der Waals surface area contributed by atoms with Gasteiger partial charge in [-0.2, -0.15) is 0 Å². The van der Waals surface area contributed by atoms with Crippen LogP contribution in [0.25, 0.3) is 0 Å². The molecule has 0 spiro atoms. The molecule has 35 heavy (non-hydrogen) atoms. The van der Waals surface area contributed by atoms with Crippen LogP contribution in [0.4, 0.5) is 0 Å². The predicted octanol–water partition coefficient (Wildman–Crippen LogP) is 2.36. The van der Waals surface area contributed by atoms with Gasteiger partial charge < -0.3 is 25.5 Å². The number of nitrogens with two attached hydrogens (primary N) is 1. The van der Waals surface area contributed by atoms with E-state index in [0.717, 1.165) is 11.1 Å². The quantitative estimate of drug-likeness (QED) is 0.431. The monoisotopic (exact) mass is 477 g/mol. The molecule has 9 heteroatoms. The van der Waals surface area contributed by atoms with Crippen molar-refractivity contribution in [2.75, 3.05) is 6.61 Å². The number of aromatic nitrogens is 3. The third kappa shape index (κ3) is 5.26. The number of carboxylic acids is 1. The molecule has 0 radical (unpaired) electrons. The molecule has 1 aromatic heterocycles. The number of fused-ring (bicyclic) bond motifs is 1. The number of nitrogens with zero attached hydrogens (tertiary/aromatic N) is 3. The van der Waals surface area contributed by atoms with E-state index in [-0.39, 0.29) is 18.9 Å². The van der Waals surface area contributed by atoms with Gasteiger partial charge in [0.2, 0.25) is 5.91 Å². The summed E-state index contributed by atoms with van der Waals surface area (Å²) >= 11 is 0. The average Bonchev–Trinajstić information content (AvgIpc) is 3.26. The SMILES string of the molecule is CC(C)(N)C(=O)NC(COCc1ccccc1)c1nnc2n1CCC(C(=O)O)(c1ccccc1)C2. The first kappa shape index (κ1) is 24.6. The normalized spacial score (nSPS) is 18.5. The largest absolute Gasteiger partial charge is 0.481 e. The number of carbonyl (C=O) groups excluding carboxylic acids is 1. The second-order valence-electron chi connectivity index (χ2n) is 9.55. The molecule has 184 valence electrons. The first-order valence-corrected chi connectivity index (χ1v) is 11.6. The van der Waals surface area contributed by atoms with Crippen molar-refractivity contribution < 1.29 is 19.4 Å². The molecule has 2 atom stereocenters. The highest BCUT2D eigenvalue weighted by Crippen LogP contribution is 2.37. The summed E-state index contributed by atoms with van der Waals surface area (Å²) in [6.07, 6.45) is 0.575. The molecule has 1 aliphatic heterocycles. The van der Waals surface area contributed by atoms with Crippen molar-refractivity contribution in [3.63, 3.8) is 0 Å². The van der Waals surface area contributed by atoms with Crippen molar-refractivity contribution in [1.29, 1.82) is 0 Å². The van der Waals surface area contributed by atoms with Gasteiger partial charge in [0, 0.05) is 13.0 Å². The molecule has 1 aliphatic rings. The molecule has 4 N–H and O–H groups in total. The second kappa shape index (κ2) is 9.97. The molecular formula is C26H31N5O4. The van der Waals surface area contributed by atoms with Gasteiger partial charge in [0.1, 0.15) is 17.3 Å². The van der Waals surface area contributed by atoms with Crippen molar-refractivity contribution in [1.82, 2.24) is 20.1 Å². The number of amides is 1. The molecule has 0 saturated heterocycles. The van der Waals surface area contributed by atoms with Crippen LogP contribution in [0.1, 0.15) is 49.1 Å². The van der Waals surface area contributed by atoms with E-state index in [4.69, 9.17) is 10.5 Å². The first-order valence-electron chi connectivity index (χ1n) is 11.6. The van der Waals surface area contributed by atoms with Gasteiger partial charge in [-0.05, 0) is 31.4 Å². The molecule has 2 heterocycles. The number of benzene rings is 2. The fourth-order valence-corrected chi connectivity index (χ4v) is 4.35. The molecule has 2 aromatic carbocycles. The van der Waals surface area contributed by atoms with E-state index in [1.54, 1.807) is 13.8 Å². The van der Waals surface area contributed by atoms with Crippen molar-refractivity contribution in [2.24, 2.45) is 5.73 Å². The Labute approximate surface area is 204 Å². The molecule has 9 nitrogen and oxygen atoms in total. The van der Waals surface area contributed by atoms with Crippen LogP contribution < -0.4 is 11.1 Å². The van der Waals surface area contributed by atoms with Crippen LogP contribution in [0, 0.1) is 0 Å². The lowest BCUT2D eigenvalue weighted by atomic mass is 9.73. The second-order valence-corrected chi connectivity index (χ2v) is 9.55. The lowest BCUT2D eigenvalue weighted by molar-refractivity contribution is -0.144. The minimum atomic E-state index is -1.09. The Morgan fingerprint density at radius 1 is 1.14 bits per heavy atom. The summed E-state index contributed by atoms with van der Waals surface area (Å²) in [6.45, 7) is 4.19. The lowest BCUT2D eigenvalue weighted by Gasteiger charge is -2.34. The number of carboxylic acid groups (broad SMARTS) is 1. The highest BCUT2D eigenvalue weighted by atomic mass is 16.5. The van der Waals surface area contributed by atoms with E-state index in [0.29, 0.717) is 31.2 Å². The summed E-state index contributed by atoms with van der Waals surface area (Å²) in [4.78, 5) is 25.1. The maximum Gasteiger partial charge on any atom is 0.314 e. The summed E-state index contributed by atoms with van der Waals surface area (Å²) in [6, 6.07) is 18.4. The highest BCUT2D eigenvalue weighted by Gasteiger charge is 2.45. The zero-order valence-electron chi connectivity index (χ0n) is 20.0. The van der Waals surface area contributed by atoms with E-state index in [2.05, 4.69) is 15.5 Å². The highest BCUT2D eigenvalue weighted by molar-refractivity contribution is 5.85. The van der Waals surface area contributed by atoms with E-state index in [1.807, 2.05) is 65.2 Å². The fourth-order valence-electron chi connectivity index (χ4n) is 4.35. The van der Waals surface area contributed by atoms with Crippen LogP contribution in [0.15, 0.2) is 60.7 Å². The van der Waals surface area contributed by atoms with E-state index < -0.39 is 23.0 Å². The third-order valence-electron chi connectivity index (χ3n) is 6.41. The minimum absolute atomic E-state index is 0.164.